The number of urea groups is 1. The fraction of sp³-hybridized carbons (Fsp3) is 0.381. The number of nitrogens with zero attached hydrogens (tertiary/aromatic N) is 1. The van der Waals surface area contributed by atoms with Crippen LogP contribution in [0.1, 0.15) is 31.2 Å². The number of nitrogens with one attached hydrogen (secondary N) is 2. The summed E-state index contributed by atoms with van der Waals surface area (Å²) in [7, 11) is -3.72. The van der Waals surface area contributed by atoms with E-state index in [1.165, 1.54) is 22.5 Å². The van der Waals surface area contributed by atoms with Gasteiger partial charge in [0.1, 0.15) is 5.82 Å². The smallest absolute Gasteiger partial charge is 0.319 e. The van der Waals surface area contributed by atoms with E-state index in [2.05, 4.69) is 10.6 Å². The van der Waals surface area contributed by atoms with Crippen molar-refractivity contribution in [2.24, 2.45) is 0 Å². The second-order valence-corrected chi connectivity index (χ2v) is 9.07. The normalized spacial score (nSPS) is 17.7. The van der Waals surface area contributed by atoms with E-state index >= 15 is 0 Å². The number of piperidine rings is 1. The fourth-order valence-corrected chi connectivity index (χ4v) is 5.59. The third-order valence-corrected chi connectivity index (χ3v) is 7.20. The van der Waals surface area contributed by atoms with E-state index in [1.807, 2.05) is 18.2 Å². The van der Waals surface area contributed by atoms with Gasteiger partial charge in [-0.1, -0.05) is 24.6 Å². The molecule has 1 fully saturated rings. The van der Waals surface area contributed by atoms with Crippen molar-refractivity contribution < 1.29 is 17.6 Å². The number of aryl methyl sites for hydroxylation is 1. The first kappa shape index (κ1) is 21.3. The number of hydrogen-bond acceptors (Lipinski definition) is 3. The number of hydrogen-bond donors (Lipinski definition) is 2. The molecule has 0 aliphatic carbocycles. The van der Waals surface area contributed by atoms with E-state index in [1.54, 1.807) is 19.1 Å². The second-order valence-electron chi connectivity index (χ2n) is 7.21. The molecular weight excluding hydrogens is 393 g/mol. The summed E-state index contributed by atoms with van der Waals surface area (Å²) in [6, 6.07) is 12.3. The summed E-state index contributed by atoms with van der Waals surface area (Å²) >= 11 is 0. The zero-order chi connectivity index (χ0) is 20.9. The molecule has 0 aromatic heterocycles. The molecule has 8 heteroatoms. The van der Waals surface area contributed by atoms with E-state index in [-0.39, 0.29) is 17.0 Å². The first-order valence-electron chi connectivity index (χ1n) is 9.76. The van der Waals surface area contributed by atoms with Crippen LogP contribution in [0.25, 0.3) is 0 Å². The van der Waals surface area contributed by atoms with Gasteiger partial charge in [-0.3, -0.25) is 0 Å². The van der Waals surface area contributed by atoms with Crippen LogP contribution in [0.15, 0.2) is 53.4 Å². The lowest BCUT2D eigenvalue weighted by atomic mass is 10.0. The molecule has 1 unspecified atom stereocenters. The highest BCUT2D eigenvalue weighted by atomic mass is 32.2. The number of amides is 2. The van der Waals surface area contributed by atoms with Crippen molar-refractivity contribution >= 4 is 21.7 Å². The number of para-hydroxylation sites is 1. The molecule has 2 amide bonds. The third-order valence-electron chi connectivity index (χ3n) is 5.09. The van der Waals surface area contributed by atoms with Gasteiger partial charge in [-0.25, -0.2) is 17.6 Å². The van der Waals surface area contributed by atoms with Crippen molar-refractivity contribution in [1.82, 2.24) is 9.62 Å². The molecule has 1 aliphatic heterocycles. The van der Waals surface area contributed by atoms with Crippen molar-refractivity contribution in [3.63, 3.8) is 0 Å². The quantitative estimate of drug-likeness (QED) is 0.746. The minimum Gasteiger partial charge on any atom is -0.338 e. The molecule has 0 spiro atoms. The van der Waals surface area contributed by atoms with Crippen LogP contribution in [-0.4, -0.2) is 37.9 Å². The first-order chi connectivity index (χ1) is 13.9. The van der Waals surface area contributed by atoms with E-state index in [0.29, 0.717) is 30.8 Å². The molecule has 0 saturated carbocycles. The summed E-state index contributed by atoms with van der Waals surface area (Å²) < 4.78 is 41.2. The van der Waals surface area contributed by atoms with Gasteiger partial charge in [0.15, 0.2) is 0 Å². The standard InChI is InChI=1S/C21H26FN3O3S/c1-16-15-17(22)10-11-20(16)29(27,28)25-14-6-5-9-19(25)12-13-23-21(26)24-18-7-3-2-4-8-18/h2-4,7-8,10-11,15,19H,5-6,9,12-14H2,1H3,(H2,23,24,26). The van der Waals surface area contributed by atoms with Gasteiger partial charge in [0.25, 0.3) is 0 Å². The van der Waals surface area contributed by atoms with Crippen LogP contribution >= 0.6 is 0 Å². The molecule has 0 bridgehead atoms. The maximum Gasteiger partial charge on any atom is 0.319 e. The van der Waals surface area contributed by atoms with Gasteiger partial charge in [0.05, 0.1) is 4.90 Å². The van der Waals surface area contributed by atoms with Gasteiger partial charge < -0.3 is 10.6 Å². The Hall–Kier alpha value is -2.45. The van der Waals surface area contributed by atoms with Crippen LogP contribution in [0.5, 0.6) is 0 Å². The van der Waals surface area contributed by atoms with Crippen molar-refractivity contribution in [3.05, 3.63) is 59.9 Å². The third kappa shape index (κ3) is 5.33. The van der Waals surface area contributed by atoms with E-state index in [9.17, 15) is 17.6 Å². The minimum atomic E-state index is -3.72. The average molecular weight is 420 g/mol. The van der Waals surface area contributed by atoms with Crippen molar-refractivity contribution in [2.75, 3.05) is 18.4 Å². The van der Waals surface area contributed by atoms with E-state index in [0.717, 1.165) is 19.3 Å². The Kier molecular flexibility index (Phi) is 6.87. The summed E-state index contributed by atoms with van der Waals surface area (Å²) in [6.07, 6.45) is 2.98. The molecule has 1 saturated heterocycles. The Morgan fingerprint density at radius 3 is 2.66 bits per heavy atom. The van der Waals surface area contributed by atoms with Crippen LogP contribution in [0.3, 0.4) is 0 Å². The molecule has 29 heavy (non-hydrogen) atoms. The second kappa shape index (κ2) is 9.37. The van der Waals surface area contributed by atoms with Gasteiger partial charge in [0, 0.05) is 24.8 Å². The van der Waals surface area contributed by atoms with Gasteiger partial charge in [0.2, 0.25) is 10.0 Å². The predicted molar refractivity (Wildman–Crippen MR) is 111 cm³/mol. The zero-order valence-electron chi connectivity index (χ0n) is 16.4. The number of carbonyl (C=O) groups excluding carboxylic acids is 1. The average Bonchev–Trinajstić information content (AvgIpc) is 2.69. The molecular formula is C21H26FN3O3S. The van der Waals surface area contributed by atoms with Crippen LogP contribution in [0, 0.1) is 12.7 Å². The van der Waals surface area contributed by atoms with Crippen molar-refractivity contribution in [1.29, 1.82) is 0 Å². The molecule has 156 valence electrons. The lowest BCUT2D eigenvalue weighted by Crippen LogP contribution is -2.45. The zero-order valence-corrected chi connectivity index (χ0v) is 17.2. The van der Waals surface area contributed by atoms with Gasteiger partial charge in [-0.15, -0.1) is 0 Å². The largest absolute Gasteiger partial charge is 0.338 e. The topological polar surface area (TPSA) is 78.5 Å². The summed E-state index contributed by atoms with van der Waals surface area (Å²) in [5.41, 5.74) is 1.09. The Balaban J connectivity index is 1.63. The Bertz CT molecular complexity index is 951. The number of benzene rings is 2. The van der Waals surface area contributed by atoms with E-state index in [4.69, 9.17) is 0 Å². The molecule has 3 rings (SSSR count). The van der Waals surface area contributed by atoms with Gasteiger partial charge >= 0.3 is 6.03 Å². The van der Waals surface area contributed by atoms with E-state index < -0.39 is 15.8 Å². The molecule has 6 nitrogen and oxygen atoms in total. The van der Waals surface area contributed by atoms with Crippen LogP contribution in [-0.2, 0) is 10.0 Å². The number of sulfonamides is 1. The maximum atomic E-state index is 13.4. The number of halogens is 1. The molecule has 1 aliphatic rings. The monoisotopic (exact) mass is 419 g/mol. The molecule has 2 aromatic rings. The lowest BCUT2D eigenvalue weighted by molar-refractivity contribution is 0.234. The Morgan fingerprint density at radius 2 is 1.93 bits per heavy atom. The highest BCUT2D eigenvalue weighted by molar-refractivity contribution is 7.89. The molecule has 2 aromatic carbocycles. The highest BCUT2D eigenvalue weighted by Gasteiger charge is 2.34. The Morgan fingerprint density at radius 1 is 1.17 bits per heavy atom. The van der Waals surface area contributed by atoms with Crippen LogP contribution in [0.4, 0.5) is 14.9 Å². The number of rotatable bonds is 6. The van der Waals surface area contributed by atoms with Crippen LogP contribution in [0.2, 0.25) is 0 Å². The molecule has 2 N–H and O–H groups in total. The fourth-order valence-electron chi connectivity index (χ4n) is 3.66. The summed E-state index contributed by atoms with van der Waals surface area (Å²) in [4.78, 5) is 12.2. The van der Waals surface area contributed by atoms with Crippen molar-refractivity contribution in [3.8, 4) is 0 Å². The number of carbonyl (C=O) groups is 1. The highest BCUT2D eigenvalue weighted by Crippen LogP contribution is 2.28. The summed E-state index contributed by atoms with van der Waals surface area (Å²) in [5.74, 6) is -0.453. The van der Waals surface area contributed by atoms with Crippen LogP contribution < -0.4 is 10.6 Å². The van der Waals surface area contributed by atoms with Crippen molar-refractivity contribution in [2.45, 2.75) is 43.5 Å². The van der Waals surface area contributed by atoms with Gasteiger partial charge in [-0.05, 0) is 62.1 Å². The molecule has 1 heterocycles. The maximum absolute atomic E-state index is 13.4. The summed E-state index contributed by atoms with van der Waals surface area (Å²) in [6.45, 7) is 2.39. The predicted octanol–water partition coefficient (Wildman–Crippen LogP) is 3.89. The first-order valence-corrected chi connectivity index (χ1v) is 11.2. The lowest BCUT2D eigenvalue weighted by Gasteiger charge is -2.35. The molecule has 0 radical (unpaired) electrons. The minimum absolute atomic E-state index is 0.139. The number of anilines is 1. The summed E-state index contributed by atoms with van der Waals surface area (Å²) in [5, 5.41) is 5.53. The Labute approximate surface area is 171 Å². The molecule has 1 atom stereocenters. The van der Waals surface area contributed by atoms with Gasteiger partial charge in [-0.2, -0.15) is 4.31 Å². The SMILES string of the molecule is Cc1cc(F)ccc1S(=O)(=O)N1CCCCC1CCNC(=O)Nc1ccccc1.